The van der Waals surface area contributed by atoms with Crippen LogP contribution in [0.4, 0.5) is 0 Å². The highest BCUT2D eigenvalue weighted by Gasteiger charge is 2.33. The van der Waals surface area contributed by atoms with Crippen molar-refractivity contribution in [2.24, 2.45) is 5.92 Å². The number of amides is 2. The Morgan fingerprint density at radius 1 is 1.33 bits per heavy atom. The van der Waals surface area contributed by atoms with Gasteiger partial charge in [0, 0.05) is 27.5 Å². The molecule has 5 heteroatoms. The highest BCUT2D eigenvalue weighted by Crippen LogP contribution is 2.25. The molecule has 1 aromatic carbocycles. The molecule has 1 aromatic rings. The van der Waals surface area contributed by atoms with Crippen LogP contribution in [0.5, 0.6) is 0 Å². The minimum absolute atomic E-state index is 0.0667. The molecule has 0 spiro atoms. The summed E-state index contributed by atoms with van der Waals surface area (Å²) in [5.74, 6) is 0.0259. The lowest BCUT2D eigenvalue weighted by Gasteiger charge is -2.15. The zero-order chi connectivity index (χ0) is 13.3. The Labute approximate surface area is 123 Å². The van der Waals surface area contributed by atoms with E-state index < -0.39 is 0 Å². The summed E-state index contributed by atoms with van der Waals surface area (Å²) >= 11 is 6.69. The summed E-state index contributed by atoms with van der Waals surface area (Å²) in [5.41, 5.74) is 0.529. The number of nitrogens with zero attached hydrogens (tertiary/aromatic N) is 1. The molecule has 0 aromatic heterocycles. The highest BCUT2D eigenvalue weighted by molar-refractivity contribution is 9.11. The van der Waals surface area contributed by atoms with Crippen LogP contribution in [-0.4, -0.2) is 23.3 Å². The highest BCUT2D eigenvalue weighted by atomic mass is 79.9. The number of carbonyl (C=O) groups is 2. The number of imide groups is 1. The maximum atomic E-state index is 12.3. The molecule has 0 bridgehead atoms. The number of benzene rings is 1. The van der Waals surface area contributed by atoms with Crippen LogP contribution in [0.3, 0.4) is 0 Å². The van der Waals surface area contributed by atoms with Crippen LogP contribution < -0.4 is 0 Å². The van der Waals surface area contributed by atoms with Gasteiger partial charge >= 0.3 is 0 Å². The predicted octanol–water partition coefficient (Wildman–Crippen LogP) is 3.61. The summed E-state index contributed by atoms with van der Waals surface area (Å²) in [6, 6.07) is 5.33. The zero-order valence-corrected chi connectivity index (χ0v) is 13.1. The molecule has 1 atom stereocenters. The lowest BCUT2D eigenvalue weighted by molar-refractivity contribution is -0.125. The molecule has 1 fully saturated rings. The van der Waals surface area contributed by atoms with E-state index in [0.29, 0.717) is 24.4 Å². The Morgan fingerprint density at radius 3 is 2.44 bits per heavy atom. The number of rotatable bonds is 2. The van der Waals surface area contributed by atoms with E-state index >= 15 is 0 Å². The van der Waals surface area contributed by atoms with Crippen LogP contribution in [0.2, 0.25) is 0 Å². The molecular weight excluding hydrogens is 362 g/mol. The van der Waals surface area contributed by atoms with Gasteiger partial charge < -0.3 is 0 Å². The fraction of sp³-hybridized carbons (Fsp3) is 0.385. The van der Waals surface area contributed by atoms with Crippen molar-refractivity contribution in [1.29, 1.82) is 0 Å². The molecule has 1 heterocycles. The van der Waals surface area contributed by atoms with Crippen molar-refractivity contribution >= 4 is 43.7 Å². The summed E-state index contributed by atoms with van der Waals surface area (Å²) in [6.07, 6.45) is 1.41. The third-order valence-electron chi connectivity index (χ3n) is 3.14. The van der Waals surface area contributed by atoms with Crippen molar-refractivity contribution in [2.45, 2.75) is 19.8 Å². The molecule has 2 rings (SSSR count). The Balaban J connectivity index is 2.24. The van der Waals surface area contributed by atoms with E-state index in [1.54, 1.807) is 12.1 Å². The van der Waals surface area contributed by atoms with Gasteiger partial charge in [-0.25, -0.2) is 0 Å². The zero-order valence-electron chi connectivity index (χ0n) is 9.95. The lowest BCUT2D eigenvalue weighted by Crippen LogP contribution is -2.32. The van der Waals surface area contributed by atoms with Crippen molar-refractivity contribution < 1.29 is 9.59 Å². The topological polar surface area (TPSA) is 37.4 Å². The van der Waals surface area contributed by atoms with Gasteiger partial charge in [0.2, 0.25) is 5.91 Å². The van der Waals surface area contributed by atoms with Crippen molar-refractivity contribution in [3.8, 4) is 0 Å². The Bertz CT molecular complexity index is 482. The molecule has 96 valence electrons. The fourth-order valence-electron chi connectivity index (χ4n) is 2.08. The van der Waals surface area contributed by atoms with E-state index in [-0.39, 0.29) is 11.8 Å². The van der Waals surface area contributed by atoms with E-state index in [4.69, 9.17) is 0 Å². The molecule has 0 N–H and O–H groups in total. The number of carbonyl (C=O) groups excluding carboxylic acids is 2. The van der Waals surface area contributed by atoms with Crippen molar-refractivity contribution in [1.82, 2.24) is 4.90 Å². The number of likely N-dealkylation sites (tertiary alicyclic amines) is 1. The average Bonchev–Trinajstić information content (AvgIpc) is 2.68. The van der Waals surface area contributed by atoms with Gasteiger partial charge in [-0.1, -0.05) is 45.2 Å². The van der Waals surface area contributed by atoms with E-state index in [9.17, 15) is 9.59 Å². The first-order chi connectivity index (χ1) is 8.51. The van der Waals surface area contributed by atoms with Gasteiger partial charge in [0.1, 0.15) is 0 Å². The lowest BCUT2D eigenvalue weighted by atomic mass is 10.1. The van der Waals surface area contributed by atoms with Crippen LogP contribution in [0.15, 0.2) is 27.1 Å². The minimum atomic E-state index is -0.210. The van der Waals surface area contributed by atoms with Crippen LogP contribution in [0, 0.1) is 5.92 Å². The van der Waals surface area contributed by atoms with Crippen LogP contribution in [0.25, 0.3) is 0 Å². The maximum absolute atomic E-state index is 12.3. The van der Waals surface area contributed by atoms with Gasteiger partial charge in [-0.15, -0.1) is 0 Å². The van der Waals surface area contributed by atoms with Gasteiger partial charge in [-0.2, -0.15) is 0 Å². The molecular formula is C13H13Br2NO2. The third kappa shape index (κ3) is 2.83. The third-order valence-corrected chi connectivity index (χ3v) is 4.05. The minimum Gasteiger partial charge on any atom is -0.278 e. The summed E-state index contributed by atoms with van der Waals surface area (Å²) in [4.78, 5) is 25.5. The smallest absolute Gasteiger partial charge is 0.260 e. The second-order valence-corrected chi connectivity index (χ2v) is 6.28. The largest absolute Gasteiger partial charge is 0.278 e. The Morgan fingerprint density at radius 2 is 1.94 bits per heavy atom. The predicted molar refractivity (Wildman–Crippen MR) is 76.3 cm³/mol. The van der Waals surface area contributed by atoms with Crippen molar-refractivity contribution in [3.63, 3.8) is 0 Å². The number of halogens is 2. The maximum Gasteiger partial charge on any atom is 0.260 e. The first-order valence-electron chi connectivity index (χ1n) is 5.82. The first-order valence-corrected chi connectivity index (χ1v) is 7.40. The molecule has 0 saturated carbocycles. The van der Waals surface area contributed by atoms with Crippen LogP contribution in [0.1, 0.15) is 30.1 Å². The summed E-state index contributed by atoms with van der Waals surface area (Å²) in [7, 11) is 0. The molecule has 3 nitrogen and oxygen atoms in total. The van der Waals surface area contributed by atoms with E-state index in [0.717, 1.165) is 15.4 Å². The molecule has 18 heavy (non-hydrogen) atoms. The second kappa shape index (κ2) is 5.53. The van der Waals surface area contributed by atoms with Gasteiger partial charge in [-0.3, -0.25) is 14.5 Å². The first kappa shape index (κ1) is 13.7. The van der Waals surface area contributed by atoms with Gasteiger partial charge in [0.25, 0.3) is 5.91 Å². The van der Waals surface area contributed by atoms with E-state index in [1.165, 1.54) is 4.90 Å². The van der Waals surface area contributed by atoms with Crippen molar-refractivity contribution in [2.75, 3.05) is 6.54 Å². The van der Waals surface area contributed by atoms with Crippen LogP contribution >= 0.6 is 31.9 Å². The summed E-state index contributed by atoms with van der Waals surface area (Å²) < 4.78 is 1.64. The van der Waals surface area contributed by atoms with Gasteiger partial charge in [0.05, 0.1) is 0 Å². The summed E-state index contributed by atoms with van der Waals surface area (Å²) in [5, 5.41) is 0. The molecule has 0 aliphatic carbocycles. The molecule has 1 saturated heterocycles. The molecule has 2 amide bonds. The number of hydrogen-bond donors (Lipinski definition) is 0. The monoisotopic (exact) mass is 373 g/mol. The molecule has 1 aliphatic rings. The fourth-order valence-corrected chi connectivity index (χ4v) is 3.38. The average molecular weight is 375 g/mol. The Kier molecular flexibility index (Phi) is 4.22. The second-order valence-electron chi connectivity index (χ2n) is 4.45. The standard InChI is InChI=1S/C13H13Br2NO2/c1-2-8-3-12(17)16(7-8)13(18)9-4-10(14)6-11(15)5-9/h4-6,8H,2-3,7H2,1H3. The SMILES string of the molecule is CCC1CC(=O)N(C(=O)c2cc(Br)cc(Br)c2)C1. The van der Waals surface area contributed by atoms with Crippen LogP contribution in [-0.2, 0) is 4.79 Å². The molecule has 0 radical (unpaired) electrons. The van der Waals surface area contributed by atoms with Gasteiger partial charge in [-0.05, 0) is 24.1 Å². The Hall–Kier alpha value is -0.680. The van der Waals surface area contributed by atoms with E-state index in [2.05, 4.69) is 31.9 Å². The van der Waals surface area contributed by atoms with Crippen molar-refractivity contribution in [3.05, 3.63) is 32.7 Å². The normalized spacial score (nSPS) is 19.4. The van der Waals surface area contributed by atoms with Gasteiger partial charge in [0.15, 0.2) is 0 Å². The molecule has 1 aliphatic heterocycles. The number of hydrogen-bond acceptors (Lipinski definition) is 2. The summed E-state index contributed by atoms with van der Waals surface area (Å²) in [6.45, 7) is 2.58. The quantitative estimate of drug-likeness (QED) is 0.741. The molecule has 1 unspecified atom stereocenters. The van der Waals surface area contributed by atoms with E-state index in [1.807, 2.05) is 13.0 Å².